The molecule has 0 amide bonds. The van der Waals surface area contributed by atoms with Gasteiger partial charge in [0.1, 0.15) is 5.54 Å². The lowest BCUT2D eigenvalue weighted by atomic mass is 10.00. The van der Waals surface area contributed by atoms with Crippen LogP contribution in [0, 0.1) is 0 Å². The molecule has 3 heteroatoms. The topological polar surface area (TPSA) is 52.3 Å². The molecule has 0 aromatic rings. The SMILES string of the molecule is CC(C)OC(=O)C1(N)CCCC1. The Balaban J connectivity index is 2.50. The molecule has 0 spiro atoms. The lowest BCUT2D eigenvalue weighted by molar-refractivity contribution is -0.153. The van der Waals surface area contributed by atoms with Gasteiger partial charge in [0.2, 0.25) is 0 Å². The molecule has 0 aromatic carbocycles. The minimum Gasteiger partial charge on any atom is -0.462 e. The number of hydrogen-bond donors (Lipinski definition) is 1. The summed E-state index contributed by atoms with van der Waals surface area (Å²) in [6.07, 6.45) is 3.59. The van der Waals surface area contributed by atoms with E-state index in [2.05, 4.69) is 0 Å². The first-order valence-corrected chi connectivity index (χ1v) is 4.54. The molecule has 1 aliphatic carbocycles. The van der Waals surface area contributed by atoms with Gasteiger partial charge < -0.3 is 10.5 Å². The molecule has 0 saturated heterocycles. The van der Waals surface area contributed by atoms with E-state index in [1.54, 1.807) is 0 Å². The molecule has 1 aliphatic rings. The van der Waals surface area contributed by atoms with Crippen molar-refractivity contribution in [1.29, 1.82) is 0 Å². The van der Waals surface area contributed by atoms with E-state index in [0.717, 1.165) is 25.7 Å². The Morgan fingerprint density at radius 2 is 1.92 bits per heavy atom. The molecule has 0 aromatic heterocycles. The highest BCUT2D eigenvalue weighted by atomic mass is 16.5. The molecule has 0 bridgehead atoms. The minimum absolute atomic E-state index is 0.0569. The first-order valence-electron chi connectivity index (χ1n) is 4.54. The van der Waals surface area contributed by atoms with Crippen molar-refractivity contribution in [1.82, 2.24) is 0 Å². The van der Waals surface area contributed by atoms with E-state index in [-0.39, 0.29) is 12.1 Å². The van der Waals surface area contributed by atoms with Gasteiger partial charge in [0, 0.05) is 0 Å². The highest BCUT2D eigenvalue weighted by Gasteiger charge is 2.38. The predicted molar refractivity (Wildman–Crippen MR) is 46.6 cm³/mol. The van der Waals surface area contributed by atoms with Crippen molar-refractivity contribution in [2.45, 2.75) is 51.2 Å². The van der Waals surface area contributed by atoms with E-state index in [4.69, 9.17) is 10.5 Å². The third-order valence-corrected chi connectivity index (χ3v) is 2.25. The zero-order chi connectivity index (χ0) is 9.19. The van der Waals surface area contributed by atoms with Gasteiger partial charge in [0.05, 0.1) is 6.10 Å². The van der Waals surface area contributed by atoms with Gasteiger partial charge in [0.25, 0.3) is 0 Å². The lowest BCUT2D eigenvalue weighted by Gasteiger charge is -2.22. The minimum atomic E-state index is -0.676. The number of carbonyl (C=O) groups is 1. The molecule has 70 valence electrons. The maximum Gasteiger partial charge on any atom is 0.326 e. The number of rotatable bonds is 2. The monoisotopic (exact) mass is 171 g/mol. The summed E-state index contributed by atoms with van der Waals surface area (Å²) in [5.74, 6) is -0.227. The largest absolute Gasteiger partial charge is 0.462 e. The molecule has 3 nitrogen and oxygen atoms in total. The molecule has 0 radical (unpaired) electrons. The first-order chi connectivity index (χ1) is 5.54. The quantitative estimate of drug-likeness (QED) is 0.635. The van der Waals surface area contributed by atoms with Crippen LogP contribution in [0.1, 0.15) is 39.5 Å². The van der Waals surface area contributed by atoms with Gasteiger partial charge >= 0.3 is 5.97 Å². The molecule has 12 heavy (non-hydrogen) atoms. The summed E-state index contributed by atoms with van der Waals surface area (Å²) in [7, 11) is 0. The molecule has 0 heterocycles. The third-order valence-electron chi connectivity index (χ3n) is 2.25. The molecule has 1 fully saturated rings. The van der Waals surface area contributed by atoms with Crippen LogP contribution in [0.15, 0.2) is 0 Å². The fraction of sp³-hybridized carbons (Fsp3) is 0.889. The molecule has 2 N–H and O–H groups in total. The van der Waals surface area contributed by atoms with Crippen LogP contribution in [0.25, 0.3) is 0 Å². The number of nitrogens with two attached hydrogens (primary N) is 1. The van der Waals surface area contributed by atoms with Crippen molar-refractivity contribution >= 4 is 5.97 Å². The lowest BCUT2D eigenvalue weighted by Crippen LogP contribution is -2.47. The Bertz CT molecular complexity index is 171. The maximum atomic E-state index is 11.4. The normalized spacial score (nSPS) is 21.3. The first kappa shape index (κ1) is 9.52. The zero-order valence-corrected chi connectivity index (χ0v) is 7.80. The fourth-order valence-corrected chi connectivity index (χ4v) is 1.54. The van der Waals surface area contributed by atoms with E-state index in [9.17, 15) is 4.79 Å². The Morgan fingerprint density at radius 1 is 1.42 bits per heavy atom. The van der Waals surface area contributed by atoms with Crippen LogP contribution >= 0.6 is 0 Å². The van der Waals surface area contributed by atoms with Crippen molar-refractivity contribution in [3.05, 3.63) is 0 Å². The van der Waals surface area contributed by atoms with E-state index >= 15 is 0 Å². The van der Waals surface area contributed by atoms with Crippen molar-refractivity contribution in [2.75, 3.05) is 0 Å². The Hall–Kier alpha value is -0.570. The van der Waals surface area contributed by atoms with Crippen LogP contribution in [0.2, 0.25) is 0 Å². The van der Waals surface area contributed by atoms with E-state index < -0.39 is 5.54 Å². The average molecular weight is 171 g/mol. The van der Waals surface area contributed by atoms with Crippen LogP contribution in [0.3, 0.4) is 0 Å². The van der Waals surface area contributed by atoms with Gasteiger partial charge in [-0.1, -0.05) is 12.8 Å². The Morgan fingerprint density at radius 3 is 2.33 bits per heavy atom. The smallest absolute Gasteiger partial charge is 0.326 e. The standard InChI is InChI=1S/C9H17NO2/c1-7(2)12-8(11)9(10)5-3-4-6-9/h7H,3-6,10H2,1-2H3. The summed E-state index contributed by atoms with van der Waals surface area (Å²) < 4.78 is 5.07. The van der Waals surface area contributed by atoms with Crippen LogP contribution in [0.4, 0.5) is 0 Å². The molecular formula is C9H17NO2. The molecule has 1 rings (SSSR count). The fourth-order valence-electron chi connectivity index (χ4n) is 1.54. The molecule has 1 saturated carbocycles. The summed E-state index contributed by atoms with van der Waals surface area (Å²) >= 11 is 0. The number of esters is 1. The highest BCUT2D eigenvalue weighted by Crippen LogP contribution is 2.28. The van der Waals surface area contributed by atoms with Gasteiger partial charge in [-0.15, -0.1) is 0 Å². The average Bonchev–Trinajstić information content (AvgIpc) is 2.36. The molecular weight excluding hydrogens is 154 g/mol. The van der Waals surface area contributed by atoms with Crippen LogP contribution in [-0.4, -0.2) is 17.6 Å². The van der Waals surface area contributed by atoms with Crippen molar-refractivity contribution in [2.24, 2.45) is 5.73 Å². The second-order valence-electron chi connectivity index (χ2n) is 3.82. The maximum absolute atomic E-state index is 11.4. The Labute approximate surface area is 73.3 Å². The molecule has 0 unspecified atom stereocenters. The second kappa shape index (κ2) is 3.44. The van der Waals surface area contributed by atoms with Gasteiger partial charge in [-0.3, -0.25) is 4.79 Å². The predicted octanol–water partition coefficient (Wildman–Crippen LogP) is 1.21. The molecule has 0 atom stereocenters. The third kappa shape index (κ3) is 1.97. The molecule has 0 aliphatic heterocycles. The summed E-state index contributed by atoms with van der Waals surface area (Å²) in [5.41, 5.74) is 5.20. The van der Waals surface area contributed by atoms with Crippen LogP contribution in [0.5, 0.6) is 0 Å². The van der Waals surface area contributed by atoms with Gasteiger partial charge in [-0.05, 0) is 26.7 Å². The van der Waals surface area contributed by atoms with E-state index in [1.807, 2.05) is 13.8 Å². The zero-order valence-electron chi connectivity index (χ0n) is 7.80. The summed E-state index contributed by atoms with van der Waals surface area (Å²) in [5, 5.41) is 0. The highest BCUT2D eigenvalue weighted by molar-refractivity contribution is 5.81. The number of hydrogen-bond acceptors (Lipinski definition) is 3. The van der Waals surface area contributed by atoms with Gasteiger partial charge in [-0.2, -0.15) is 0 Å². The Kier molecular flexibility index (Phi) is 2.73. The summed E-state index contributed by atoms with van der Waals surface area (Å²) in [4.78, 5) is 11.4. The van der Waals surface area contributed by atoms with E-state index in [1.165, 1.54) is 0 Å². The number of ether oxygens (including phenoxy) is 1. The van der Waals surface area contributed by atoms with Crippen molar-refractivity contribution in [3.8, 4) is 0 Å². The van der Waals surface area contributed by atoms with Crippen molar-refractivity contribution < 1.29 is 9.53 Å². The van der Waals surface area contributed by atoms with E-state index in [0.29, 0.717) is 0 Å². The van der Waals surface area contributed by atoms with Gasteiger partial charge in [-0.25, -0.2) is 0 Å². The van der Waals surface area contributed by atoms with Gasteiger partial charge in [0.15, 0.2) is 0 Å². The van der Waals surface area contributed by atoms with Crippen molar-refractivity contribution in [3.63, 3.8) is 0 Å². The summed E-state index contributed by atoms with van der Waals surface area (Å²) in [6, 6.07) is 0. The summed E-state index contributed by atoms with van der Waals surface area (Å²) in [6.45, 7) is 3.69. The van der Waals surface area contributed by atoms with Crippen LogP contribution in [-0.2, 0) is 9.53 Å². The number of carbonyl (C=O) groups excluding carboxylic acids is 1. The van der Waals surface area contributed by atoms with Crippen LogP contribution < -0.4 is 5.73 Å². The second-order valence-corrected chi connectivity index (χ2v) is 3.82.